The van der Waals surface area contributed by atoms with E-state index in [1.54, 1.807) is 57.2 Å². The molecule has 2 unspecified atom stereocenters. The average molecular weight is 760 g/mol. The molecule has 290 valence electrons. The molecule has 11 heteroatoms. The highest BCUT2D eigenvalue weighted by Crippen LogP contribution is 2.48. The van der Waals surface area contributed by atoms with Crippen LogP contribution in [0.5, 0.6) is 11.6 Å². The van der Waals surface area contributed by atoms with Crippen LogP contribution in [0.1, 0.15) is 110 Å². The van der Waals surface area contributed by atoms with Gasteiger partial charge >= 0.3 is 5.76 Å². The van der Waals surface area contributed by atoms with E-state index in [9.17, 15) is 14.7 Å². The van der Waals surface area contributed by atoms with Crippen LogP contribution in [0.3, 0.4) is 0 Å². The summed E-state index contributed by atoms with van der Waals surface area (Å²) < 4.78 is 13.0. The van der Waals surface area contributed by atoms with Gasteiger partial charge in [0.25, 0.3) is 5.91 Å². The third-order valence-electron chi connectivity index (χ3n) is 10.4. The van der Waals surface area contributed by atoms with Gasteiger partial charge in [-0.15, -0.1) is 11.6 Å². The quantitative estimate of drug-likeness (QED) is 0.0774. The standard InChI is InChI=1S/C43H54ClN3O7/c1-10-41(6,7)29-25-31(42(8,9)11-2)33(53-23-22-32(44)35(45)48)26-30(29)43(37(50)40(3,4)5,38(51)46-28-20-16-13-17-21-28)47-36(49)34(54-39(47)52)24-27-18-14-12-15-19-27/h12-21,25-26,32,49H,10-11,22-24H2,1-9H3,(H2,45,48)(H,46,51). The van der Waals surface area contributed by atoms with Crippen molar-refractivity contribution in [1.82, 2.24) is 4.57 Å². The fourth-order valence-electron chi connectivity index (χ4n) is 6.44. The number of hydrogen-bond donors (Lipinski definition) is 3. The van der Waals surface area contributed by atoms with Crippen molar-refractivity contribution in [3.05, 3.63) is 111 Å². The number of amides is 2. The molecule has 1 heterocycles. The molecule has 54 heavy (non-hydrogen) atoms. The van der Waals surface area contributed by atoms with E-state index in [1.165, 1.54) is 0 Å². The Hall–Kier alpha value is -4.83. The third-order valence-corrected chi connectivity index (χ3v) is 10.9. The Labute approximate surface area is 323 Å². The van der Waals surface area contributed by atoms with E-state index in [4.69, 9.17) is 26.5 Å². The monoisotopic (exact) mass is 759 g/mol. The molecular weight excluding hydrogens is 706 g/mol. The molecule has 0 aliphatic rings. The van der Waals surface area contributed by atoms with Crippen LogP contribution in [-0.2, 0) is 37.2 Å². The number of hydrogen-bond acceptors (Lipinski definition) is 7. The summed E-state index contributed by atoms with van der Waals surface area (Å²) in [7, 11) is 0. The van der Waals surface area contributed by atoms with Gasteiger partial charge in [0.2, 0.25) is 17.3 Å². The number of ether oxygens (including phenoxy) is 1. The number of oxazole rings is 1. The minimum atomic E-state index is -2.54. The minimum Gasteiger partial charge on any atom is -0.493 e. The SMILES string of the molecule is CCC(C)(C)c1cc(C(C)(C)CC)c(C(C(=O)Nc2ccccc2)(C(=O)C(C)(C)C)n2c(O)c(Cc3ccccc3)oc2=O)cc1OCCC(Cl)C(N)=O. The van der Waals surface area contributed by atoms with Gasteiger partial charge in [0.15, 0.2) is 11.5 Å². The number of para-hydroxylation sites is 1. The predicted octanol–water partition coefficient (Wildman–Crippen LogP) is 7.97. The van der Waals surface area contributed by atoms with E-state index >= 15 is 9.59 Å². The average Bonchev–Trinajstić information content (AvgIpc) is 3.40. The molecule has 4 aromatic rings. The van der Waals surface area contributed by atoms with Crippen LogP contribution in [0.4, 0.5) is 5.69 Å². The summed E-state index contributed by atoms with van der Waals surface area (Å²) in [4.78, 5) is 57.1. The van der Waals surface area contributed by atoms with Gasteiger partial charge in [0.05, 0.1) is 6.61 Å². The molecule has 4 N–H and O–H groups in total. The molecule has 0 spiro atoms. The van der Waals surface area contributed by atoms with Gasteiger partial charge in [-0.1, -0.05) is 117 Å². The van der Waals surface area contributed by atoms with Crippen molar-refractivity contribution < 1.29 is 28.6 Å². The van der Waals surface area contributed by atoms with Crippen LogP contribution in [-0.4, -0.2) is 39.3 Å². The Morgan fingerprint density at radius 3 is 1.96 bits per heavy atom. The number of primary amides is 1. The van der Waals surface area contributed by atoms with Crippen LogP contribution in [0.25, 0.3) is 0 Å². The number of ketones is 1. The molecule has 2 amide bonds. The maximum Gasteiger partial charge on any atom is 0.423 e. The lowest BCUT2D eigenvalue weighted by atomic mass is 9.66. The molecule has 1 aromatic heterocycles. The van der Waals surface area contributed by atoms with Crippen molar-refractivity contribution >= 4 is 34.9 Å². The number of aromatic hydroxyl groups is 1. The predicted molar refractivity (Wildman–Crippen MR) is 213 cm³/mol. The molecular formula is C43H54ClN3O7. The molecule has 0 bridgehead atoms. The summed E-state index contributed by atoms with van der Waals surface area (Å²) in [6.07, 6.45) is 1.37. The van der Waals surface area contributed by atoms with Gasteiger partial charge in [0.1, 0.15) is 11.1 Å². The van der Waals surface area contributed by atoms with Crippen LogP contribution in [0.2, 0.25) is 0 Å². The lowest BCUT2D eigenvalue weighted by Gasteiger charge is -2.41. The van der Waals surface area contributed by atoms with Crippen LogP contribution < -0.4 is 21.5 Å². The fourth-order valence-corrected chi connectivity index (χ4v) is 6.53. The van der Waals surface area contributed by atoms with Crippen LogP contribution in [0.15, 0.2) is 82.0 Å². The van der Waals surface area contributed by atoms with Crippen molar-refractivity contribution in [3.8, 4) is 11.6 Å². The Morgan fingerprint density at radius 2 is 1.43 bits per heavy atom. The van der Waals surface area contributed by atoms with Crippen LogP contribution in [0, 0.1) is 5.41 Å². The zero-order chi connectivity index (χ0) is 40.2. The van der Waals surface area contributed by atoms with Gasteiger partial charge in [0, 0.05) is 35.1 Å². The van der Waals surface area contributed by atoms with E-state index in [0.717, 1.165) is 15.7 Å². The number of carbonyl (C=O) groups excluding carboxylic acids is 3. The molecule has 0 aliphatic carbocycles. The molecule has 3 aromatic carbocycles. The smallest absolute Gasteiger partial charge is 0.423 e. The summed E-state index contributed by atoms with van der Waals surface area (Å²) in [5.74, 6) is -3.79. The molecule has 0 aliphatic heterocycles. The van der Waals surface area contributed by atoms with E-state index in [-0.39, 0.29) is 30.8 Å². The number of halogens is 1. The first-order chi connectivity index (χ1) is 25.2. The maximum absolute atomic E-state index is 15.5. The topological polar surface area (TPSA) is 154 Å². The van der Waals surface area contributed by atoms with E-state index < -0.39 is 56.4 Å². The van der Waals surface area contributed by atoms with Gasteiger partial charge in [-0.3, -0.25) is 14.4 Å². The summed E-state index contributed by atoms with van der Waals surface area (Å²) >= 11 is 6.20. The summed E-state index contributed by atoms with van der Waals surface area (Å²) in [5.41, 5.74) is 3.09. The Kier molecular flexibility index (Phi) is 12.6. The number of nitrogens with two attached hydrogens (primary N) is 1. The summed E-state index contributed by atoms with van der Waals surface area (Å²) in [5, 5.41) is 14.1. The lowest BCUT2D eigenvalue weighted by Crippen LogP contribution is -2.59. The summed E-state index contributed by atoms with van der Waals surface area (Å²) in [6.45, 7) is 17.1. The number of rotatable bonds is 16. The number of Topliss-reactive ketones (excluding diaryl/α,β-unsaturated/α-hetero) is 1. The van der Waals surface area contributed by atoms with E-state index in [2.05, 4.69) is 19.2 Å². The number of benzene rings is 3. The normalized spacial score (nSPS) is 13.9. The number of nitrogens with zero attached hydrogens (tertiary/aromatic N) is 1. The van der Waals surface area contributed by atoms with Gasteiger partial charge in [-0.25, -0.2) is 9.36 Å². The molecule has 4 rings (SSSR count). The Bertz CT molecular complexity index is 2030. The highest BCUT2D eigenvalue weighted by atomic mass is 35.5. The van der Waals surface area contributed by atoms with Crippen LogP contribution >= 0.6 is 11.6 Å². The zero-order valence-electron chi connectivity index (χ0n) is 32.8. The van der Waals surface area contributed by atoms with Gasteiger partial charge in [-0.05, 0) is 53.0 Å². The molecule has 0 saturated carbocycles. The second-order valence-corrected chi connectivity index (χ2v) is 16.6. The first kappa shape index (κ1) is 41.9. The molecule has 0 fully saturated rings. The molecule has 2 atom stereocenters. The first-order valence-corrected chi connectivity index (χ1v) is 18.8. The minimum absolute atomic E-state index is 0.0137. The highest BCUT2D eigenvalue weighted by molar-refractivity contribution is 6.30. The number of anilines is 1. The van der Waals surface area contributed by atoms with Crippen molar-refractivity contribution in [2.75, 3.05) is 11.9 Å². The second-order valence-electron chi connectivity index (χ2n) is 16.1. The highest BCUT2D eigenvalue weighted by Gasteiger charge is 2.58. The van der Waals surface area contributed by atoms with Gasteiger partial charge in [-0.2, -0.15) is 0 Å². The van der Waals surface area contributed by atoms with Crippen molar-refractivity contribution in [2.45, 2.75) is 110 Å². The first-order valence-electron chi connectivity index (χ1n) is 18.4. The Morgan fingerprint density at radius 1 is 0.870 bits per heavy atom. The molecule has 10 nitrogen and oxygen atoms in total. The number of nitrogens with one attached hydrogen (secondary N) is 1. The second kappa shape index (κ2) is 16.3. The number of alkyl halides is 1. The number of carbonyl (C=O) groups is 3. The molecule has 0 saturated heterocycles. The molecule has 0 radical (unpaired) electrons. The fraction of sp³-hybridized carbons (Fsp3) is 0.442. The maximum atomic E-state index is 15.5. The summed E-state index contributed by atoms with van der Waals surface area (Å²) in [6, 6.07) is 21.3. The van der Waals surface area contributed by atoms with E-state index in [0.29, 0.717) is 29.8 Å². The van der Waals surface area contributed by atoms with Gasteiger partial charge < -0.3 is 25.3 Å². The Balaban J connectivity index is 2.23. The van der Waals surface area contributed by atoms with E-state index in [1.807, 2.05) is 64.1 Å². The van der Waals surface area contributed by atoms with Crippen molar-refractivity contribution in [3.63, 3.8) is 0 Å². The van der Waals surface area contributed by atoms with Crippen molar-refractivity contribution in [1.29, 1.82) is 0 Å². The zero-order valence-corrected chi connectivity index (χ0v) is 33.6. The largest absolute Gasteiger partial charge is 0.493 e. The lowest BCUT2D eigenvalue weighted by molar-refractivity contribution is -0.141. The van der Waals surface area contributed by atoms with Crippen molar-refractivity contribution in [2.24, 2.45) is 11.1 Å². The third kappa shape index (κ3) is 8.44. The number of aromatic nitrogens is 1.